The predicted molar refractivity (Wildman–Crippen MR) is 106 cm³/mol. The molecule has 3 rings (SSSR count). The first-order valence-corrected chi connectivity index (χ1v) is 9.65. The summed E-state index contributed by atoms with van der Waals surface area (Å²) in [4.78, 5) is 12.4. The first-order chi connectivity index (χ1) is 14.2. The molecule has 0 aliphatic rings. The number of halogens is 3. The van der Waals surface area contributed by atoms with E-state index in [1.54, 1.807) is 26.1 Å². The van der Waals surface area contributed by atoms with Crippen LogP contribution in [0.15, 0.2) is 30.5 Å². The van der Waals surface area contributed by atoms with Crippen molar-refractivity contribution in [2.45, 2.75) is 46.2 Å². The van der Waals surface area contributed by atoms with Crippen molar-refractivity contribution >= 4 is 5.91 Å². The minimum atomic E-state index is -4.43. The van der Waals surface area contributed by atoms with Gasteiger partial charge in [-0.15, -0.1) is 0 Å². The highest BCUT2D eigenvalue weighted by atomic mass is 19.4. The second-order valence-electron chi connectivity index (χ2n) is 7.26. The molecule has 0 saturated heterocycles. The van der Waals surface area contributed by atoms with Crippen LogP contribution in [0.2, 0.25) is 0 Å². The molecule has 0 atom stereocenters. The fourth-order valence-corrected chi connectivity index (χ4v) is 3.35. The first kappa shape index (κ1) is 21.6. The smallest absolute Gasteiger partial charge is 0.356 e. The van der Waals surface area contributed by atoms with Crippen molar-refractivity contribution in [3.8, 4) is 5.69 Å². The summed E-state index contributed by atoms with van der Waals surface area (Å²) in [5.74, 6) is -0.145. The minimum absolute atomic E-state index is 0.126. The van der Waals surface area contributed by atoms with E-state index in [0.29, 0.717) is 23.6 Å². The van der Waals surface area contributed by atoms with Gasteiger partial charge in [-0.05, 0) is 57.4 Å². The molecular formula is C21H24F3N5O. The standard InChI is InChI=1S/C21H24F3N5O/c1-13-16(12-26-27-13)6-5-9-25-20(30)11-19-14(2)28-29(15(19)3)18-8-4-7-17(10-18)21(22,23)24/h4,7-8,10,12H,5-6,9,11H2,1-3H3,(H,25,30)(H,26,27). The van der Waals surface area contributed by atoms with E-state index in [2.05, 4.69) is 20.6 Å². The molecule has 30 heavy (non-hydrogen) atoms. The highest BCUT2D eigenvalue weighted by molar-refractivity contribution is 5.79. The molecule has 6 nitrogen and oxygen atoms in total. The average molecular weight is 419 g/mol. The fourth-order valence-electron chi connectivity index (χ4n) is 3.35. The molecule has 1 amide bonds. The molecule has 2 N–H and O–H groups in total. The van der Waals surface area contributed by atoms with Gasteiger partial charge in [0.1, 0.15) is 0 Å². The van der Waals surface area contributed by atoms with E-state index in [1.165, 1.54) is 10.7 Å². The second-order valence-corrected chi connectivity index (χ2v) is 7.26. The van der Waals surface area contributed by atoms with Crippen LogP contribution in [0.1, 0.15) is 40.2 Å². The van der Waals surface area contributed by atoms with Gasteiger partial charge in [0.15, 0.2) is 0 Å². The van der Waals surface area contributed by atoms with Crippen molar-refractivity contribution in [3.05, 3.63) is 64.2 Å². The van der Waals surface area contributed by atoms with Crippen molar-refractivity contribution in [2.24, 2.45) is 0 Å². The number of carbonyl (C=O) groups excluding carboxylic acids is 1. The number of hydrogen-bond acceptors (Lipinski definition) is 3. The normalized spacial score (nSPS) is 11.7. The van der Waals surface area contributed by atoms with Gasteiger partial charge in [0, 0.05) is 23.5 Å². The van der Waals surface area contributed by atoms with Crippen LogP contribution in [0.3, 0.4) is 0 Å². The molecular weight excluding hydrogens is 395 g/mol. The van der Waals surface area contributed by atoms with E-state index in [9.17, 15) is 18.0 Å². The maximum Gasteiger partial charge on any atom is 0.416 e. The third-order valence-electron chi connectivity index (χ3n) is 5.08. The summed E-state index contributed by atoms with van der Waals surface area (Å²) >= 11 is 0. The zero-order chi connectivity index (χ0) is 21.9. The monoisotopic (exact) mass is 419 g/mol. The first-order valence-electron chi connectivity index (χ1n) is 9.65. The number of alkyl halides is 3. The summed E-state index contributed by atoms with van der Waals surface area (Å²) < 4.78 is 40.5. The van der Waals surface area contributed by atoms with E-state index in [4.69, 9.17) is 0 Å². The van der Waals surface area contributed by atoms with Gasteiger partial charge in [0.25, 0.3) is 0 Å². The van der Waals surface area contributed by atoms with Crippen molar-refractivity contribution in [1.82, 2.24) is 25.3 Å². The number of aromatic amines is 1. The molecule has 2 aromatic heterocycles. The van der Waals surface area contributed by atoms with Crippen LogP contribution in [0.5, 0.6) is 0 Å². The second kappa shape index (κ2) is 8.73. The van der Waals surface area contributed by atoms with Crippen LogP contribution in [0.4, 0.5) is 13.2 Å². The van der Waals surface area contributed by atoms with Crippen LogP contribution in [0, 0.1) is 20.8 Å². The van der Waals surface area contributed by atoms with Gasteiger partial charge < -0.3 is 5.32 Å². The van der Waals surface area contributed by atoms with Gasteiger partial charge in [0.05, 0.1) is 29.6 Å². The molecule has 0 bridgehead atoms. The third-order valence-corrected chi connectivity index (χ3v) is 5.08. The molecule has 0 spiro atoms. The van der Waals surface area contributed by atoms with E-state index in [0.717, 1.165) is 41.8 Å². The topological polar surface area (TPSA) is 75.6 Å². The number of benzene rings is 1. The Kier molecular flexibility index (Phi) is 6.28. The van der Waals surface area contributed by atoms with Gasteiger partial charge in [-0.3, -0.25) is 9.89 Å². The summed E-state index contributed by atoms with van der Waals surface area (Å²) in [7, 11) is 0. The maximum atomic E-state index is 13.0. The number of nitrogens with zero attached hydrogens (tertiary/aromatic N) is 3. The lowest BCUT2D eigenvalue weighted by Crippen LogP contribution is -2.26. The van der Waals surface area contributed by atoms with Crippen molar-refractivity contribution < 1.29 is 18.0 Å². The number of rotatable bonds is 7. The van der Waals surface area contributed by atoms with Crippen LogP contribution >= 0.6 is 0 Å². The summed E-state index contributed by atoms with van der Waals surface area (Å²) in [6, 6.07) is 4.99. The SMILES string of the molecule is Cc1nn(-c2cccc(C(F)(F)F)c2)c(C)c1CC(=O)NCCCc1cn[nH]c1C. The average Bonchev–Trinajstić information content (AvgIpc) is 3.22. The van der Waals surface area contributed by atoms with E-state index >= 15 is 0 Å². The molecule has 2 heterocycles. The number of H-pyrrole nitrogens is 1. The Morgan fingerprint density at radius 1 is 1.23 bits per heavy atom. The molecule has 9 heteroatoms. The Balaban J connectivity index is 1.64. The molecule has 0 radical (unpaired) electrons. The van der Waals surface area contributed by atoms with Gasteiger partial charge in [-0.25, -0.2) is 4.68 Å². The van der Waals surface area contributed by atoms with Gasteiger partial charge in [-0.1, -0.05) is 6.07 Å². The van der Waals surface area contributed by atoms with Gasteiger partial charge in [-0.2, -0.15) is 23.4 Å². The minimum Gasteiger partial charge on any atom is -0.356 e. The summed E-state index contributed by atoms with van der Waals surface area (Å²) in [5.41, 5.74) is 3.71. The molecule has 160 valence electrons. The molecule has 0 aliphatic carbocycles. The van der Waals surface area contributed by atoms with Gasteiger partial charge >= 0.3 is 6.18 Å². The number of aryl methyl sites for hydroxylation is 3. The van der Waals surface area contributed by atoms with E-state index in [-0.39, 0.29) is 12.3 Å². The highest BCUT2D eigenvalue weighted by Crippen LogP contribution is 2.30. The highest BCUT2D eigenvalue weighted by Gasteiger charge is 2.30. The largest absolute Gasteiger partial charge is 0.416 e. The Morgan fingerprint density at radius 3 is 2.67 bits per heavy atom. The number of carbonyl (C=O) groups is 1. The Labute approximate surface area is 172 Å². The lowest BCUT2D eigenvalue weighted by atomic mass is 10.1. The van der Waals surface area contributed by atoms with E-state index < -0.39 is 11.7 Å². The molecule has 0 fully saturated rings. The summed E-state index contributed by atoms with van der Waals surface area (Å²) in [5, 5.41) is 14.1. The van der Waals surface area contributed by atoms with Crippen molar-refractivity contribution in [3.63, 3.8) is 0 Å². The zero-order valence-electron chi connectivity index (χ0n) is 17.1. The Bertz CT molecular complexity index is 1040. The quantitative estimate of drug-likeness (QED) is 0.572. The summed E-state index contributed by atoms with van der Waals surface area (Å²) in [6.07, 6.45) is -0.918. The fraction of sp³-hybridized carbons (Fsp3) is 0.381. The molecule has 1 aromatic carbocycles. The van der Waals surface area contributed by atoms with E-state index in [1.807, 2.05) is 6.92 Å². The number of hydrogen-bond donors (Lipinski definition) is 2. The predicted octanol–water partition coefficient (Wildman–Crippen LogP) is 3.83. The number of nitrogens with one attached hydrogen (secondary N) is 2. The van der Waals surface area contributed by atoms with Crippen molar-refractivity contribution in [1.29, 1.82) is 0 Å². The van der Waals surface area contributed by atoms with Crippen LogP contribution in [0.25, 0.3) is 5.69 Å². The van der Waals surface area contributed by atoms with Crippen LogP contribution in [-0.2, 0) is 23.8 Å². The molecule has 0 aliphatic heterocycles. The Hall–Kier alpha value is -3.10. The van der Waals surface area contributed by atoms with Crippen molar-refractivity contribution in [2.75, 3.05) is 6.54 Å². The number of amides is 1. The van der Waals surface area contributed by atoms with Crippen LogP contribution in [-0.4, -0.2) is 32.4 Å². The third kappa shape index (κ3) is 4.90. The lowest BCUT2D eigenvalue weighted by Gasteiger charge is -2.10. The van der Waals surface area contributed by atoms with Gasteiger partial charge in [0.2, 0.25) is 5.91 Å². The van der Waals surface area contributed by atoms with Crippen LogP contribution < -0.4 is 5.32 Å². The zero-order valence-corrected chi connectivity index (χ0v) is 17.1. The Morgan fingerprint density at radius 2 is 2.00 bits per heavy atom. The lowest BCUT2D eigenvalue weighted by molar-refractivity contribution is -0.137. The molecule has 3 aromatic rings. The molecule has 0 unspecified atom stereocenters. The maximum absolute atomic E-state index is 13.0. The number of aromatic nitrogens is 4. The summed E-state index contributed by atoms with van der Waals surface area (Å²) in [6.45, 7) is 5.99. The molecule has 0 saturated carbocycles.